The third-order valence-electron chi connectivity index (χ3n) is 3.74. The van der Waals surface area contributed by atoms with Crippen LogP contribution in [-0.2, 0) is 4.79 Å². The van der Waals surface area contributed by atoms with Crippen LogP contribution in [0.4, 0.5) is 0 Å². The maximum atomic E-state index is 12.5. The minimum Gasteiger partial charge on any atom is -0.497 e. The zero-order valence-corrected chi connectivity index (χ0v) is 15.1. The lowest BCUT2D eigenvalue weighted by Crippen LogP contribution is -2.35. The number of carbonyl (C=O) groups excluding carboxylic acids is 2. The monoisotopic (exact) mass is 356 g/mol. The molecule has 0 aliphatic rings. The normalized spacial score (nSPS) is 11.1. The smallest absolute Gasteiger partial charge is 0.267 e. The van der Waals surface area contributed by atoms with Crippen molar-refractivity contribution >= 4 is 17.9 Å². The summed E-state index contributed by atoms with van der Waals surface area (Å²) in [6.45, 7) is 2.65. The second-order valence-corrected chi connectivity index (χ2v) is 5.72. The van der Waals surface area contributed by atoms with Crippen molar-refractivity contribution in [2.45, 2.75) is 26.2 Å². The fourth-order valence-electron chi connectivity index (χ4n) is 2.28. The van der Waals surface area contributed by atoms with Crippen LogP contribution in [0.1, 0.15) is 42.3 Å². The van der Waals surface area contributed by atoms with E-state index in [0.717, 1.165) is 19.3 Å². The number of nitrogens with one attached hydrogen (secondary N) is 2. The van der Waals surface area contributed by atoms with Crippen molar-refractivity contribution in [3.05, 3.63) is 59.7 Å². The van der Waals surface area contributed by atoms with Gasteiger partial charge in [-0.1, -0.05) is 19.8 Å². The molecule has 0 fully saturated rings. The fraction of sp³-hybridized carbons (Fsp3) is 0.300. The third kappa shape index (κ3) is 5.81. The van der Waals surface area contributed by atoms with Crippen molar-refractivity contribution in [3.8, 4) is 5.75 Å². The number of unbranched alkanes of at least 4 members (excludes halogenated alkanes) is 2. The molecule has 138 valence electrons. The topological polar surface area (TPSA) is 80.6 Å². The molecule has 0 aliphatic carbocycles. The Morgan fingerprint density at radius 3 is 2.54 bits per heavy atom. The number of amides is 2. The first-order chi connectivity index (χ1) is 12.6. The molecule has 6 heteroatoms. The third-order valence-corrected chi connectivity index (χ3v) is 3.74. The van der Waals surface area contributed by atoms with Crippen LogP contribution in [0.15, 0.2) is 52.8 Å². The molecule has 0 saturated carbocycles. The highest BCUT2D eigenvalue weighted by Crippen LogP contribution is 2.12. The van der Waals surface area contributed by atoms with E-state index < -0.39 is 0 Å². The molecule has 2 amide bonds. The molecule has 2 N–H and O–H groups in total. The van der Waals surface area contributed by atoms with Crippen molar-refractivity contribution in [2.75, 3.05) is 13.7 Å². The highest BCUT2D eigenvalue weighted by molar-refractivity contribution is 6.05. The number of furan rings is 1. The number of ether oxygens (including phenoxy) is 1. The maximum absolute atomic E-state index is 12.5. The molecule has 0 radical (unpaired) electrons. The quantitative estimate of drug-likeness (QED) is 0.533. The van der Waals surface area contributed by atoms with Gasteiger partial charge in [0.25, 0.3) is 11.8 Å². The number of rotatable bonds is 9. The fourth-order valence-corrected chi connectivity index (χ4v) is 2.28. The Labute approximate surface area is 153 Å². The Morgan fingerprint density at radius 1 is 1.15 bits per heavy atom. The molecule has 6 nitrogen and oxygen atoms in total. The number of hydrogen-bond donors (Lipinski definition) is 2. The summed E-state index contributed by atoms with van der Waals surface area (Å²) in [5.74, 6) is 0.411. The van der Waals surface area contributed by atoms with Crippen LogP contribution in [0, 0.1) is 0 Å². The van der Waals surface area contributed by atoms with E-state index in [9.17, 15) is 9.59 Å². The largest absolute Gasteiger partial charge is 0.497 e. The zero-order chi connectivity index (χ0) is 18.8. The Balaban J connectivity index is 2.10. The summed E-state index contributed by atoms with van der Waals surface area (Å²) in [5.41, 5.74) is 0.562. The van der Waals surface area contributed by atoms with E-state index in [-0.39, 0.29) is 17.5 Å². The highest BCUT2D eigenvalue weighted by atomic mass is 16.5. The van der Waals surface area contributed by atoms with Crippen LogP contribution in [-0.4, -0.2) is 25.5 Å². The van der Waals surface area contributed by atoms with Crippen LogP contribution >= 0.6 is 0 Å². The van der Waals surface area contributed by atoms with Gasteiger partial charge in [0.15, 0.2) is 0 Å². The van der Waals surface area contributed by atoms with Crippen molar-refractivity contribution in [2.24, 2.45) is 0 Å². The van der Waals surface area contributed by atoms with Crippen molar-refractivity contribution in [1.82, 2.24) is 10.6 Å². The van der Waals surface area contributed by atoms with Gasteiger partial charge in [-0.05, 0) is 42.8 Å². The van der Waals surface area contributed by atoms with Crippen molar-refractivity contribution < 1.29 is 18.7 Å². The van der Waals surface area contributed by atoms with Gasteiger partial charge in [0.05, 0.1) is 13.4 Å². The number of hydrogen-bond acceptors (Lipinski definition) is 4. The highest BCUT2D eigenvalue weighted by Gasteiger charge is 2.15. The molecule has 0 spiro atoms. The molecule has 0 bridgehead atoms. The lowest BCUT2D eigenvalue weighted by atomic mass is 10.2. The van der Waals surface area contributed by atoms with Gasteiger partial charge in [-0.2, -0.15) is 0 Å². The van der Waals surface area contributed by atoms with E-state index >= 15 is 0 Å². The van der Waals surface area contributed by atoms with E-state index in [1.807, 2.05) is 0 Å². The van der Waals surface area contributed by atoms with E-state index in [0.29, 0.717) is 23.6 Å². The maximum Gasteiger partial charge on any atom is 0.267 e. The number of benzene rings is 1. The van der Waals surface area contributed by atoms with Gasteiger partial charge in [-0.25, -0.2) is 0 Å². The number of methoxy groups -OCH3 is 1. The SMILES string of the molecule is CCCCCNC(=O)/C(=C/c1ccco1)NC(=O)c1ccc(OC)cc1. The van der Waals surface area contributed by atoms with Gasteiger partial charge in [-0.15, -0.1) is 0 Å². The molecule has 0 atom stereocenters. The van der Waals surface area contributed by atoms with Gasteiger partial charge >= 0.3 is 0 Å². The van der Waals surface area contributed by atoms with E-state index in [1.54, 1.807) is 43.5 Å². The Morgan fingerprint density at radius 2 is 1.92 bits per heavy atom. The Hall–Kier alpha value is -3.02. The van der Waals surface area contributed by atoms with Gasteiger partial charge in [0, 0.05) is 18.2 Å². The second kappa shape index (κ2) is 10.1. The summed E-state index contributed by atoms with van der Waals surface area (Å²) < 4.78 is 10.3. The predicted molar refractivity (Wildman–Crippen MR) is 99.7 cm³/mol. The van der Waals surface area contributed by atoms with Gasteiger partial charge in [0.2, 0.25) is 0 Å². The van der Waals surface area contributed by atoms with Gasteiger partial charge in [0.1, 0.15) is 17.2 Å². The van der Waals surface area contributed by atoms with Crippen LogP contribution in [0.25, 0.3) is 6.08 Å². The molecule has 1 aromatic carbocycles. The zero-order valence-electron chi connectivity index (χ0n) is 15.1. The van der Waals surface area contributed by atoms with Crippen molar-refractivity contribution in [1.29, 1.82) is 0 Å². The summed E-state index contributed by atoms with van der Waals surface area (Å²) in [6, 6.07) is 10.1. The first-order valence-electron chi connectivity index (χ1n) is 8.63. The molecule has 2 aromatic rings. The lowest BCUT2D eigenvalue weighted by Gasteiger charge is -2.11. The molecule has 0 saturated heterocycles. The minimum absolute atomic E-state index is 0.136. The summed E-state index contributed by atoms with van der Waals surface area (Å²) in [5, 5.41) is 5.48. The lowest BCUT2D eigenvalue weighted by molar-refractivity contribution is -0.117. The molecule has 2 rings (SSSR count). The van der Waals surface area contributed by atoms with Crippen LogP contribution < -0.4 is 15.4 Å². The average molecular weight is 356 g/mol. The van der Waals surface area contributed by atoms with E-state index in [4.69, 9.17) is 9.15 Å². The number of carbonyl (C=O) groups is 2. The second-order valence-electron chi connectivity index (χ2n) is 5.72. The molecule has 0 unspecified atom stereocenters. The van der Waals surface area contributed by atoms with Crippen molar-refractivity contribution in [3.63, 3.8) is 0 Å². The first-order valence-corrected chi connectivity index (χ1v) is 8.63. The molecule has 1 aromatic heterocycles. The van der Waals surface area contributed by atoms with E-state index in [2.05, 4.69) is 17.6 Å². The molecular formula is C20H24N2O4. The Bertz CT molecular complexity index is 734. The van der Waals surface area contributed by atoms with Gasteiger partial charge < -0.3 is 19.8 Å². The predicted octanol–water partition coefficient (Wildman–Crippen LogP) is 3.37. The summed E-state index contributed by atoms with van der Waals surface area (Å²) in [4.78, 5) is 24.9. The summed E-state index contributed by atoms with van der Waals surface area (Å²) in [7, 11) is 1.56. The Kier molecular flexibility index (Phi) is 7.49. The van der Waals surface area contributed by atoms with Crippen LogP contribution in [0.2, 0.25) is 0 Å². The van der Waals surface area contributed by atoms with E-state index in [1.165, 1.54) is 12.3 Å². The van der Waals surface area contributed by atoms with Crippen LogP contribution in [0.3, 0.4) is 0 Å². The van der Waals surface area contributed by atoms with Crippen LogP contribution in [0.5, 0.6) is 5.75 Å². The van der Waals surface area contributed by atoms with Gasteiger partial charge in [-0.3, -0.25) is 9.59 Å². The minimum atomic E-state index is -0.380. The average Bonchev–Trinajstić information content (AvgIpc) is 3.17. The molecular weight excluding hydrogens is 332 g/mol. The standard InChI is InChI=1S/C20H24N2O4/c1-3-4-5-12-21-20(24)18(14-17-7-6-13-26-17)22-19(23)15-8-10-16(25-2)11-9-15/h6-11,13-14H,3-5,12H2,1-2H3,(H,21,24)(H,22,23)/b18-14-. The molecule has 0 aliphatic heterocycles. The molecule has 26 heavy (non-hydrogen) atoms. The summed E-state index contributed by atoms with van der Waals surface area (Å²) in [6.07, 6.45) is 6.02. The first kappa shape index (κ1) is 19.3. The summed E-state index contributed by atoms with van der Waals surface area (Å²) >= 11 is 0. The molecule has 1 heterocycles.